The maximum atomic E-state index is 13.7. The molecule has 26 heavy (non-hydrogen) atoms. The Morgan fingerprint density at radius 2 is 1.69 bits per heavy atom. The van der Waals surface area contributed by atoms with Gasteiger partial charge >= 0.3 is 0 Å². The van der Waals surface area contributed by atoms with Crippen LogP contribution in [0.3, 0.4) is 0 Å². The Morgan fingerprint density at radius 3 is 2.38 bits per heavy atom. The number of primary amides is 1. The van der Waals surface area contributed by atoms with E-state index in [1.165, 1.54) is 0 Å². The van der Waals surface area contributed by atoms with Crippen LogP contribution in [0.15, 0.2) is 60.7 Å². The van der Waals surface area contributed by atoms with Crippen molar-refractivity contribution in [1.29, 1.82) is 0 Å². The van der Waals surface area contributed by atoms with E-state index >= 15 is 0 Å². The third-order valence-electron chi connectivity index (χ3n) is 4.08. The molecule has 3 aromatic rings. The fourth-order valence-electron chi connectivity index (χ4n) is 2.73. The molecule has 0 unspecified atom stereocenters. The minimum Gasteiger partial charge on any atom is -0.368 e. The van der Waals surface area contributed by atoms with Gasteiger partial charge in [0, 0.05) is 12.5 Å². The summed E-state index contributed by atoms with van der Waals surface area (Å²) in [6, 6.07) is 14.9. The van der Waals surface area contributed by atoms with Crippen molar-refractivity contribution >= 4 is 22.6 Å². The number of nitrogens with two attached hydrogens (primary N) is 1. The molecule has 0 heterocycles. The van der Waals surface area contributed by atoms with Crippen LogP contribution in [0.4, 0.5) is 8.78 Å². The monoisotopic (exact) mass is 354 g/mol. The molecule has 0 aromatic heterocycles. The summed E-state index contributed by atoms with van der Waals surface area (Å²) < 4.78 is 26.7. The Labute approximate surface area is 148 Å². The number of carbonyl (C=O) groups is 2. The minimum absolute atomic E-state index is 0.161. The molecular weight excluding hydrogens is 338 g/mol. The summed E-state index contributed by atoms with van der Waals surface area (Å²) in [5.41, 5.74) is 5.83. The Bertz CT molecular complexity index is 988. The smallest absolute Gasteiger partial charge is 0.254 e. The van der Waals surface area contributed by atoms with Gasteiger partial charge in [0.2, 0.25) is 5.91 Å². The number of nitrogens with one attached hydrogen (secondary N) is 1. The molecular formula is C20H16F2N2O2. The van der Waals surface area contributed by atoms with Gasteiger partial charge in [-0.1, -0.05) is 42.5 Å². The molecule has 3 rings (SSSR count). The minimum atomic E-state index is -1.02. The first kappa shape index (κ1) is 17.5. The van der Waals surface area contributed by atoms with Crippen molar-refractivity contribution in [1.82, 2.24) is 5.32 Å². The summed E-state index contributed by atoms with van der Waals surface area (Å²) >= 11 is 0. The predicted octanol–water partition coefficient (Wildman–Crippen LogP) is 2.94. The Balaban J connectivity index is 1.80. The Morgan fingerprint density at radius 1 is 0.962 bits per heavy atom. The summed E-state index contributed by atoms with van der Waals surface area (Å²) in [5.74, 6) is -3.36. The van der Waals surface area contributed by atoms with E-state index in [4.69, 9.17) is 5.73 Å². The number of amides is 2. The van der Waals surface area contributed by atoms with E-state index < -0.39 is 29.5 Å². The number of halogens is 2. The van der Waals surface area contributed by atoms with Gasteiger partial charge in [-0.2, -0.15) is 0 Å². The second-order valence-corrected chi connectivity index (χ2v) is 5.94. The second-order valence-electron chi connectivity index (χ2n) is 5.94. The zero-order chi connectivity index (χ0) is 18.7. The highest BCUT2D eigenvalue weighted by molar-refractivity contribution is 5.97. The van der Waals surface area contributed by atoms with Crippen molar-refractivity contribution in [2.45, 2.75) is 12.5 Å². The molecule has 6 heteroatoms. The molecule has 4 nitrogen and oxygen atoms in total. The third kappa shape index (κ3) is 3.85. The average Bonchev–Trinajstić information content (AvgIpc) is 2.60. The van der Waals surface area contributed by atoms with Gasteiger partial charge < -0.3 is 11.1 Å². The van der Waals surface area contributed by atoms with E-state index in [-0.39, 0.29) is 12.0 Å². The van der Waals surface area contributed by atoms with Gasteiger partial charge in [-0.05, 0) is 28.5 Å². The molecule has 0 bridgehead atoms. The van der Waals surface area contributed by atoms with Gasteiger partial charge in [-0.15, -0.1) is 0 Å². The fourth-order valence-corrected chi connectivity index (χ4v) is 2.73. The summed E-state index contributed by atoms with van der Waals surface area (Å²) in [5, 5.41) is 4.45. The van der Waals surface area contributed by atoms with Crippen LogP contribution in [-0.4, -0.2) is 17.9 Å². The summed E-state index contributed by atoms with van der Waals surface area (Å²) in [6.07, 6.45) is 0.161. The van der Waals surface area contributed by atoms with E-state index in [0.29, 0.717) is 6.07 Å². The van der Waals surface area contributed by atoms with Gasteiger partial charge in [-0.3, -0.25) is 9.59 Å². The predicted molar refractivity (Wildman–Crippen MR) is 94.5 cm³/mol. The van der Waals surface area contributed by atoms with E-state index in [1.54, 1.807) is 0 Å². The molecule has 0 aliphatic rings. The molecule has 132 valence electrons. The van der Waals surface area contributed by atoms with Gasteiger partial charge in [0.15, 0.2) is 0 Å². The maximum absolute atomic E-state index is 13.7. The van der Waals surface area contributed by atoms with Crippen molar-refractivity contribution < 1.29 is 18.4 Å². The molecule has 2 amide bonds. The van der Waals surface area contributed by atoms with Gasteiger partial charge in [0.25, 0.3) is 5.91 Å². The third-order valence-corrected chi connectivity index (χ3v) is 4.08. The summed E-state index contributed by atoms with van der Waals surface area (Å²) in [7, 11) is 0. The number of carbonyl (C=O) groups excluding carboxylic acids is 2. The maximum Gasteiger partial charge on any atom is 0.254 e. The molecule has 3 aromatic carbocycles. The van der Waals surface area contributed by atoms with Crippen LogP contribution in [0, 0.1) is 11.6 Å². The Hall–Kier alpha value is -3.28. The van der Waals surface area contributed by atoms with Gasteiger partial charge in [0.05, 0.1) is 5.56 Å². The van der Waals surface area contributed by atoms with E-state index in [9.17, 15) is 18.4 Å². The first-order valence-corrected chi connectivity index (χ1v) is 7.97. The van der Waals surface area contributed by atoms with Gasteiger partial charge in [0.1, 0.15) is 17.7 Å². The normalized spacial score (nSPS) is 11.9. The molecule has 0 spiro atoms. The molecule has 0 aliphatic heterocycles. The number of hydrogen-bond donors (Lipinski definition) is 2. The van der Waals surface area contributed by atoms with Crippen molar-refractivity contribution in [2.75, 3.05) is 0 Å². The number of fused-ring (bicyclic) bond motifs is 1. The van der Waals surface area contributed by atoms with Crippen LogP contribution in [0.25, 0.3) is 10.8 Å². The molecule has 0 saturated carbocycles. The summed E-state index contributed by atoms with van der Waals surface area (Å²) in [6.45, 7) is 0. The zero-order valence-electron chi connectivity index (χ0n) is 13.7. The largest absolute Gasteiger partial charge is 0.368 e. The molecule has 1 atom stereocenters. The summed E-state index contributed by atoms with van der Waals surface area (Å²) in [4.78, 5) is 23.9. The van der Waals surface area contributed by atoms with Gasteiger partial charge in [-0.25, -0.2) is 8.78 Å². The van der Waals surface area contributed by atoms with Crippen molar-refractivity contribution in [2.24, 2.45) is 5.73 Å². The van der Waals surface area contributed by atoms with E-state index in [1.807, 2.05) is 42.5 Å². The lowest BCUT2D eigenvalue weighted by molar-refractivity contribution is -0.119. The number of benzene rings is 3. The molecule has 0 radical (unpaired) electrons. The van der Waals surface area contributed by atoms with Crippen LogP contribution >= 0.6 is 0 Å². The van der Waals surface area contributed by atoms with Crippen molar-refractivity contribution in [3.63, 3.8) is 0 Å². The Kier molecular flexibility index (Phi) is 4.93. The number of hydrogen-bond acceptors (Lipinski definition) is 2. The van der Waals surface area contributed by atoms with Crippen molar-refractivity contribution in [3.05, 3.63) is 83.4 Å². The first-order chi connectivity index (χ1) is 12.4. The lowest BCUT2D eigenvalue weighted by Gasteiger charge is -2.16. The molecule has 0 fully saturated rings. The van der Waals surface area contributed by atoms with Crippen LogP contribution in [0.1, 0.15) is 15.9 Å². The fraction of sp³-hybridized carbons (Fsp3) is 0.100. The lowest BCUT2D eigenvalue weighted by atomic mass is 10.0. The molecule has 3 N–H and O–H groups in total. The topological polar surface area (TPSA) is 72.2 Å². The van der Waals surface area contributed by atoms with E-state index in [2.05, 4.69) is 5.32 Å². The molecule has 0 aliphatic carbocycles. The quantitative estimate of drug-likeness (QED) is 0.739. The standard InChI is InChI=1S/C20H16F2N2O2/c21-15-7-8-16(17(22)11-15)20(26)24-18(19(23)25)10-12-5-6-13-3-1-2-4-14(13)9-12/h1-9,11,18H,10H2,(H2,23,25)(H,24,26)/t18-/m1/s1. The van der Waals surface area contributed by atoms with Crippen LogP contribution in [0.2, 0.25) is 0 Å². The van der Waals surface area contributed by atoms with Crippen LogP contribution in [0.5, 0.6) is 0 Å². The van der Waals surface area contributed by atoms with Crippen LogP contribution in [-0.2, 0) is 11.2 Å². The first-order valence-electron chi connectivity index (χ1n) is 7.97. The lowest BCUT2D eigenvalue weighted by Crippen LogP contribution is -2.46. The highest BCUT2D eigenvalue weighted by Gasteiger charge is 2.21. The average molecular weight is 354 g/mol. The number of rotatable bonds is 5. The second kappa shape index (κ2) is 7.31. The highest BCUT2D eigenvalue weighted by Crippen LogP contribution is 2.17. The zero-order valence-corrected chi connectivity index (χ0v) is 13.7. The highest BCUT2D eigenvalue weighted by atomic mass is 19.1. The van der Waals surface area contributed by atoms with E-state index in [0.717, 1.165) is 28.5 Å². The SMILES string of the molecule is NC(=O)[C@@H](Cc1ccc2ccccc2c1)NC(=O)c1ccc(F)cc1F. The van der Waals surface area contributed by atoms with Crippen LogP contribution < -0.4 is 11.1 Å². The van der Waals surface area contributed by atoms with Crippen molar-refractivity contribution in [3.8, 4) is 0 Å². The molecule has 0 saturated heterocycles.